The molecule has 7 nitrogen and oxygen atoms in total. The number of hydrogen-bond acceptors (Lipinski definition) is 6. The summed E-state index contributed by atoms with van der Waals surface area (Å²) < 4.78 is 7.26. The Morgan fingerprint density at radius 2 is 1.94 bits per heavy atom. The molecule has 0 unspecified atom stereocenters. The second-order valence-corrected chi connectivity index (χ2v) is 8.58. The van der Waals surface area contributed by atoms with Gasteiger partial charge in [-0.2, -0.15) is 5.10 Å². The minimum Gasteiger partial charge on any atom is -0.378 e. The Hall–Kier alpha value is -3.23. The third-order valence-electron chi connectivity index (χ3n) is 5.44. The number of morpholine rings is 1. The summed E-state index contributed by atoms with van der Waals surface area (Å²) in [5, 5.41) is 9.45. The van der Waals surface area contributed by atoms with Crippen molar-refractivity contribution in [2.24, 2.45) is 7.05 Å². The van der Waals surface area contributed by atoms with E-state index in [0.717, 1.165) is 45.9 Å². The smallest absolute Gasteiger partial charge is 0.265 e. The fourth-order valence-electron chi connectivity index (χ4n) is 3.89. The van der Waals surface area contributed by atoms with E-state index < -0.39 is 0 Å². The van der Waals surface area contributed by atoms with Crippen LogP contribution in [0.25, 0.3) is 22.2 Å². The topological polar surface area (TPSA) is 72.3 Å². The first-order chi connectivity index (χ1) is 15.1. The summed E-state index contributed by atoms with van der Waals surface area (Å²) in [6, 6.07) is 14.1. The molecule has 31 heavy (non-hydrogen) atoms. The minimum absolute atomic E-state index is 0.135. The predicted octanol–water partition coefficient (Wildman–Crippen LogP) is 4.09. The minimum atomic E-state index is -0.135. The lowest BCUT2D eigenvalue weighted by Gasteiger charge is -2.28. The van der Waals surface area contributed by atoms with Crippen LogP contribution in [-0.4, -0.2) is 47.0 Å². The van der Waals surface area contributed by atoms with E-state index in [1.807, 2.05) is 44.3 Å². The molecule has 0 aliphatic carbocycles. The van der Waals surface area contributed by atoms with Crippen LogP contribution in [0.15, 0.2) is 48.7 Å². The van der Waals surface area contributed by atoms with E-state index in [-0.39, 0.29) is 5.91 Å². The first-order valence-corrected chi connectivity index (χ1v) is 11.0. The average molecular weight is 434 g/mol. The van der Waals surface area contributed by atoms with Gasteiger partial charge in [0.1, 0.15) is 0 Å². The highest BCUT2D eigenvalue weighted by molar-refractivity contribution is 7.18. The molecule has 0 saturated carbocycles. The highest BCUT2D eigenvalue weighted by atomic mass is 32.1. The molecule has 0 atom stereocenters. The molecule has 3 aromatic heterocycles. The highest BCUT2D eigenvalue weighted by Gasteiger charge is 2.22. The fraction of sp³-hybridized carbons (Fsp3) is 0.261. The van der Waals surface area contributed by atoms with Crippen LogP contribution in [0.4, 0.5) is 10.7 Å². The van der Waals surface area contributed by atoms with E-state index in [1.165, 1.54) is 11.3 Å². The van der Waals surface area contributed by atoms with E-state index in [2.05, 4.69) is 32.4 Å². The molecule has 1 aliphatic rings. The van der Waals surface area contributed by atoms with Crippen molar-refractivity contribution in [3.05, 3.63) is 59.2 Å². The summed E-state index contributed by atoms with van der Waals surface area (Å²) in [7, 11) is 1.87. The Labute approximate surface area is 184 Å². The van der Waals surface area contributed by atoms with Gasteiger partial charge in [-0.1, -0.05) is 30.3 Å². The number of ether oxygens (including phenoxy) is 1. The van der Waals surface area contributed by atoms with Crippen molar-refractivity contribution < 1.29 is 9.53 Å². The zero-order chi connectivity index (χ0) is 21.4. The van der Waals surface area contributed by atoms with Crippen LogP contribution in [0.5, 0.6) is 0 Å². The molecule has 0 radical (unpaired) electrons. The monoisotopic (exact) mass is 433 g/mol. The zero-order valence-electron chi connectivity index (χ0n) is 17.5. The van der Waals surface area contributed by atoms with Crippen LogP contribution in [0, 0.1) is 6.92 Å². The number of fused-ring (bicyclic) bond motifs is 1. The lowest BCUT2D eigenvalue weighted by molar-refractivity contribution is 0.103. The molecule has 0 spiro atoms. The normalized spacial score (nSPS) is 14.2. The van der Waals surface area contributed by atoms with Crippen molar-refractivity contribution in [1.82, 2.24) is 14.8 Å². The molecule has 158 valence electrons. The second kappa shape index (κ2) is 8.13. The van der Waals surface area contributed by atoms with Gasteiger partial charge in [0.25, 0.3) is 5.91 Å². The van der Waals surface area contributed by atoms with Gasteiger partial charge in [-0.3, -0.25) is 9.48 Å². The van der Waals surface area contributed by atoms with Crippen molar-refractivity contribution in [2.45, 2.75) is 6.92 Å². The number of amides is 1. The van der Waals surface area contributed by atoms with Crippen LogP contribution in [0.1, 0.15) is 15.4 Å². The first kappa shape index (κ1) is 19.7. The quantitative estimate of drug-likeness (QED) is 0.525. The second-order valence-electron chi connectivity index (χ2n) is 7.55. The van der Waals surface area contributed by atoms with Gasteiger partial charge in [0, 0.05) is 31.1 Å². The summed E-state index contributed by atoms with van der Waals surface area (Å²) in [6.07, 6.45) is 1.68. The maximum Gasteiger partial charge on any atom is 0.265 e. The molecular weight excluding hydrogens is 410 g/mol. The first-order valence-electron chi connectivity index (χ1n) is 10.2. The largest absolute Gasteiger partial charge is 0.378 e. The van der Waals surface area contributed by atoms with Gasteiger partial charge in [-0.25, -0.2) is 4.98 Å². The molecule has 4 heterocycles. The molecule has 8 heteroatoms. The van der Waals surface area contributed by atoms with Gasteiger partial charge in [0.05, 0.1) is 40.7 Å². The Balaban J connectivity index is 1.47. The molecule has 4 aromatic rings. The van der Waals surface area contributed by atoms with E-state index >= 15 is 0 Å². The van der Waals surface area contributed by atoms with Crippen LogP contribution in [0.3, 0.4) is 0 Å². The van der Waals surface area contributed by atoms with E-state index in [1.54, 1.807) is 10.9 Å². The number of thiophene rings is 1. The summed E-state index contributed by atoms with van der Waals surface area (Å²) in [6.45, 7) is 4.98. The van der Waals surface area contributed by atoms with E-state index in [4.69, 9.17) is 4.74 Å². The number of nitrogens with zero attached hydrogens (tertiary/aromatic N) is 4. The van der Waals surface area contributed by atoms with Gasteiger partial charge < -0.3 is 15.0 Å². The number of aryl methyl sites for hydroxylation is 2. The number of carbonyl (C=O) groups excluding carboxylic acids is 1. The molecular formula is C23H23N5O2S. The Morgan fingerprint density at radius 3 is 2.71 bits per heavy atom. The summed E-state index contributed by atoms with van der Waals surface area (Å²) in [5.41, 5.74) is 4.53. The summed E-state index contributed by atoms with van der Waals surface area (Å²) in [4.78, 5) is 20.6. The van der Waals surface area contributed by atoms with Gasteiger partial charge in [0.15, 0.2) is 5.65 Å². The van der Waals surface area contributed by atoms with Gasteiger partial charge in [-0.05, 0) is 24.6 Å². The number of carbonyl (C=O) groups is 1. The molecule has 1 N–H and O–H groups in total. The lowest BCUT2D eigenvalue weighted by Crippen LogP contribution is -2.35. The van der Waals surface area contributed by atoms with Gasteiger partial charge in [-0.15, -0.1) is 11.3 Å². The Morgan fingerprint density at radius 1 is 1.16 bits per heavy atom. The maximum atomic E-state index is 13.1. The van der Waals surface area contributed by atoms with Crippen molar-refractivity contribution in [2.75, 3.05) is 36.5 Å². The van der Waals surface area contributed by atoms with Crippen molar-refractivity contribution in [3.8, 4) is 11.1 Å². The SMILES string of the molecule is Cc1nn(C)c2ncc(NC(=O)c3cc(-c4ccccc4)c(N4CCOCC4)s3)cc12. The summed E-state index contributed by atoms with van der Waals surface area (Å²) >= 11 is 1.52. The fourth-order valence-corrected chi connectivity index (χ4v) is 5.02. The zero-order valence-corrected chi connectivity index (χ0v) is 18.3. The highest BCUT2D eigenvalue weighted by Crippen LogP contribution is 2.39. The molecule has 1 fully saturated rings. The van der Waals surface area contributed by atoms with Crippen molar-refractivity contribution in [3.63, 3.8) is 0 Å². The number of pyridine rings is 1. The third-order valence-corrected chi connectivity index (χ3v) is 6.63. The van der Waals surface area contributed by atoms with E-state index in [0.29, 0.717) is 23.8 Å². The van der Waals surface area contributed by atoms with E-state index in [9.17, 15) is 4.79 Å². The molecule has 5 rings (SSSR count). The van der Waals surface area contributed by atoms with Crippen LogP contribution in [-0.2, 0) is 11.8 Å². The number of aromatic nitrogens is 3. The molecule has 1 aromatic carbocycles. The van der Waals surface area contributed by atoms with Crippen LogP contribution >= 0.6 is 11.3 Å². The third kappa shape index (κ3) is 3.80. The van der Waals surface area contributed by atoms with Crippen molar-refractivity contribution in [1.29, 1.82) is 0 Å². The predicted molar refractivity (Wildman–Crippen MR) is 124 cm³/mol. The molecule has 1 amide bonds. The van der Waals surface area contributed by atoms with Gasteiger partial charge >= 0.3 is 0 Å². The number of rotatable bonds is 4. The van der Waals surface area contributed by atoms with Crippen LogP contribution in [0.2, 0.25) is 0 Å². The number of nitrogens with one attached hydrogen (secondary N) is 1. The summed E-state index contributed by atoms with van der Waals surface area (Å²) in [5.74, 6) is -0.135. The number of hydrogen-bond donors (Lipinski definition) is 1. The Bertz CT molecular complexity index is 1240. The van der Waals surface area contributed by atoms with Crippen LogP contribution < -0.4 is 10.2 Å². The molecule has 0 bridgehead atoms. The Kier molecular flexibility index (Phi) is 5.17. The molecule has 1 saturated heterocycles. The maximum absolute atomic E-state index is 13.1. The standard InChI is InChI=1S/C23H23N5O2S/c1-15-18-12-17(14-24-21(18)27(2)26-15)25-22(29)20-13-19(16-6-4-3-5-7-16)23(31-20)28-8-10-30-11-9-28/h3-7,12-14H,8-11H2,1-2H3,(H,25,29). The average Bonchev–Trinajstić information content (AvgIpc) is 3.37. The van der Waals surface area contributed by atoms with Gasteiger partial charge in [0.2, 0.25) is 0 Å². The number of anilines is 2. The van der Waals surface area contributed by atoms with Crippen molar-refractivity contribution >= 4 is 39.0 Å². The number of benzene rings is 1. The molecule has 1 aliphatic heterocycles. The lowest BCUT2D eigenvalue weighted by atomic mass is 10.1.